The predicted octanol–water partition coefficient (Wildman–Crippen LogP) is 4.57. The molecule has 8 heteroatoms. The van der Waals surface area contributed by atoms with Crippen LogP contribution < -0.4 is 4.90 Å². The molecule has 0 spiro atoms. The Morgan fingerprint density at radius 3 is 2.69 bits per heavy atom. The van der Waals surface area contributed by atoms with Crippen LogP contribution in [0.1, 0.15) is 62.1 Å². The predicted molar refractivity (Wildman–Crippen MR) is 134 cm³/mol. The van der Waals surface area contributed by atoms with Crippen LogP contribution in [0.15, 0.2) is 46.3 Å². The molecule has 2 aromatic heterocycles. The lowest BCUT2D eigenvalue weighted by atomic mass is 9.67. The van der Waals surface area contributed by atoms with Crippen molar-refractivity contribution in [2.45, 2.75) is 69.4 Å². The number of fused-ring (bicyclic) bond motifs is 1. The maximum atomic E-state index is 13.6. The normalized spacial score (nSPS) is 27.5. The summed E-state index contributed by atoms with van der Waals surface area (Å²) >= 11 is 1.70. The summed E-state index contributed by atoms with van der Waals surface area (Å²) in [6.07, 6.45) is 8.48. The average molecular weight is 511 g/mol. The summed E-state index contributed by atoms with van der Waals surface area (Å²) < 4.78 is 25.0. The molecule has 0 amide bonds. The molecule has 3 aliphatic rings. The molecule has 1 saturated heterocycles. The minimum absolute atomic E-state index is 0.0178. The number of nitrogens with one attached hydrogen (secondary N) is 1. The molecule has 36 heavy (non-hydrogen) atoms. The Bertz CT molecular complexity index is 1170. The molecule has 3 fully saturated rings. The smallest absolute Gasteiger partial charge is 0.317 e. The number of benzene rings is 1. The highest BCUT2D eigenvalue weighted by molar-refractivity contribution is 7.10. The third-order valence-corrected chi connectivity index (χ3v) is 9.64. The molecule has 6 nitrogen and oxygen atoms in total. The monoisotopic (exact) mass is 510 g/mol. The van der Waals surface area contributed by atoms with Gasteiger partial charge in [-0.15, -0.1) is 11.3 Å². The maximum Gasteiger partial charge on any atom is 0.317 e. The van der Waals surface area contributed by atoms with Crippen molar-refractivity contribution < 1.29 is 23.3 Å². The van der Waals surface area contributed by atoms with Gasteiger partial charge in [0.25, 0.3) is 5.89 Å². The van der Waals surface area contributed by atoms with E-state index in [2.05, 4.69) is 27.7 Å². The number of ether oxygens (including phenoxy) is 1. The van der Waals surface area contributed by atoms with Gasteiger partial charge >= 0.3 is 5.97 Å². The van der Waals surface area contributed by atoms with Crippen LogP contribution in [0.5, 0.6) is 0 Å². The summed E-state index contributed by atoms with van der Waals surface area (Å²) in [5.74, 6) is 1.86. The first-order chi connectivity index (χ1) is 17.6. The third kappa shape index (κ3) is 4.61. The van der Waals surface area contributed by atoms with E-state index in [9.17, 15) is 9.18 Å². The SMILES string of the molecule is O=C(O[C@H]1CC2C[NH+](Cc3nc(-c4ccc(F)cc4)no3)CCC21)C1(c2cccs2)CCCCCC1. The number of hydrogen-bond donors (Lipinski definition) is 1. The minimum atomic E-state index is -0.443. The molecule has 3 aromatic rings. The number of thiophene rings is 1. The molecule has 0 bridgehead atoms. The number of rotatable bonds is 6. The van der Waals surface area contributed by atoms with E-state index in [1.807, 2.05) is 0 Å². The number of hydrogen-bond acceptors (Lipinski definition) is 6. The van der Waals surface area contributed by atoms with E-state index in [0.29, 0.717) is 30.1 Å². The quantitative estimate of drug-likeness (QED) is 0.389. The molecule has 2 aliphatic carbocycles. The Morgan fingerprint density at radius 1 is 1.17 bits per heavy atom. The number of carbonyl (C=O) groups is 1. The van der Waals surface area contributed by atoms with E-state index in [0.717, 1.165) is 57.2 Å². The molecular formula is C28H33FN3O3S+. The number of carbonyl (C=O) groups excluding carboxylic acids is 1. The first kappa shape index (κ1) is 23.8. The topological polar surface area (TPSA) is 69.7 Å². The van der Waals surface area contributed by atoms with Crippen LogP contribution in [0, 0.1) is 17.7 Å². The van der Waals surface area contributed by atoms with E-state index in [4.69, 9.17) is 9.26 Å². The first-order valence-corrected chi connectivity index (χ1v) is 14.2. The van der Waals surface area contributed by atoms with E-state index in [1.165, 1.54) is 34.8 Å². The number of piperidine rings is 1. The molecule has 3 heterocycles. The zero-order valence-corrected chi connectivity index (χ0v) is 21.3. The van der Waals surface area contributed by atoms with Crippen molar-refractivity contribution in [2.24, 2.45) is 11.8 Å². The fraction of sp³-hybridized carbons (Fsp3) is 0.536. The molecule has 3 unspecified atom stereocenters. The van der Waals surface area contributed by atoms with Crippen LogP contribution in [0.25, 0.3) is 11.4 Å². The Morgan fingerprint density at radius 2 is 1.97 bits per heavy atom. The lowest BCUT2D eigenvalue weighted by Gasteiger charge is -2.48. The number of nitrogens with zero attached hydrogens (tertiary/aromatic N) is 2. The van der Waals surface area contributed by atoms with Gasteiger partial charge in [-0.2, -0.15) is 4.98 Å². The highest BCUT2D eigenvalue weighted by Crippen LogP contribution is 2.45. The van der Waals surface area contributed by atoms with Gasteiger partial charge in [0, 0.05) is 28.7 Å². The molecular weight excluding hydrogens is 477 g/mol. The zero-order valence-electron chi connectivity index (χ0n) is 20.5. The van der Waals surface area contributed by atoms with Crippen LogP contribution in [0.2, 0.25) is 0 Å². The summed E-state index contributed by atoms with van der Waals surface area (Å²) in [6.45, 7) is 2.71. The van der Waals surface area contributed by atoms with Crippen molar-refractivity contribution in [3.63, 3.8) is 0 Å². The number of esters is 1. The summed E-state index contributed by atoms with van der Waals surface area (Å²) in [5, 5.41) is 6.16. The molecule has 2 saturated carbocycles. The lowest BCUT2D eigenvalue weighted by Crippen LogP contribution is -3.13. The van der Waals surface area contributed by atoms with Gasteiger partial charge in [-0.05, 0) is 55.0 Å². The molecule has 190 valence electrons. The summed E-state index contributed by atoms with van der Waals surface area (Å²) in [6, 6.07) is 10.3. The second-order valence-electron chi connectivity index (χ2n) is 10.8. The van der Waals surface area contributed by atoms with Crippen molar-refractivity contribution >= 4 is 17.3 Å². The van der Waals surface area contributed by atoms with Gasteiger partial charge in [-0.1, -0.05) is 36.9 Å². The van der Waals surface area contributed by atoms with E-state index >= 15 is 0 Å². The highest BCUT2D eigenvalue weighted by atomic mass is 32.1. The van der Waals surface area contributed by atoms with Gasteiger partial charge in [0.15, 0.2) is 6.54 Å². The zero-order chi connectivity index (χ0) is 24.5. The maximum absolute atomic E-state index is 13.6. The number of likely N-dealkylation sites (tertiary alicyclic amines) is 1. The third-order valence-electron chi connectivity index (χ3n) is 8.57. The fourth-order valence-electron chi connectivity index (χ4n) is 6.49. The van der Waals surface area contributed by atoms with Gasteiger partial charge < -0.3 is 14.2 Å². The second kappa shape index (κ2) is 10.1. The van der Waals surface area contributed by atoms with Crippen molar-refractivity contribution in [1.82, 2.24) is 10.1 Å². The Labute approximate surface area is 214 Å². The summed E-state index contributed by atoms with van der Waals surface area (Å²) in [5.41, 5.74) is 0.305. The summed E-state index contributed by atoms with van der Waals surface area (Å²) in [4.78, 5) is 20.8. The van der Waals surface area contributed by atoms with E-state index in [-0.39, 0.29) is 17.9 Å². The van der Waals surface area contributed by atoms with Gasteiger partial charge in [0.2, 0.25) is 5.82 Å². The number of aromatic nitrogens is 2. The molecule has 1 aliphatic heterocycles. The van der Waals surface area contributed by atoms with Gasteiger partial charge in [0.05, 0.1) is 13.1 Å². The Balaban J connectivity index is 1.05. The van der Waals surface area contributed by atoms with E-state index < -0.39 is 5.41 Å². The lowest BCUT2D eigenvalue weighted by molar-refractivity contribution is -0.927. The number of quaternary nitrogens is 1. The Kier molecular flexibility index (Phi) is 6.65. The molecule has 4 atom stereocenters. The van der Waals surface area contributed by atoms with Gasteiger partial charge in [-0.3, -0.25) is 4.79 Å². The van der Waals surface area contributed by atoms with Crippen LogP contribution in [0.4, 0.5) is 4.39 Å². The second-order valence-corrected chi connectivity index (χ2v) is 11.7. The van der Waals surface area contributed by atoms with Crippen molar-refractivity contribution in [1.29, 1.82) is 0 Å². The first-order valence-electron chi connectivity index (χ1n) is 13.3. The van der Waals surface area contributed by atoms with Gasteiger partial charge in [-0.25, -0.2) is 4.39 Å². The van der Waals surface area contributed by atoms with Crippen LogP contribution in [-0.2, 0) is 21.5 Å². The molecule has 1 N–H and O–H groups in total. The van der Waals surface area contributed by atoms with Crippen LogP contribution in [-0.4, -0.2) is 35.3 Å². The molecule has 1 aromatic carbocycles. The van der Waals surface area contributed by atoms with Crippen molar-refractivity contribution in [3.8, 4) is 11.4 Å². The van der Waals surface area contributed by atoms with Crippen LogP contribution in [0.3, 0.4) is 0 Å². The van der Waals surface area contributed by atoms with Crippen LogP contribution >= 0.6 is 11.3 Å². The summed E-state index contributed by atoms with van der Waals surface area (Å²) in [7, 11) is 0. The standard InChI is InChI=1S/C28H32FN3O3S/c29-21-9-7-19(8-10-21)26-30-25(35-31-26)18-32-14-11-22-20(17-32)16-23(22)34-27(33)28(24-6-5-15-36-24)12-3-1-2-4-13-28/h5-10,15,20,22-23H,1-4,11-14,16-18H2/p+1/t20?,22?,23-/m0/s1. The molecule has 6 rings (SSSR count). The van der Waals surface area contributed by atoms with Gasteiger partial charge in [0.1, 0.15) is 17.3 Å². The van der Waals surface area contributed by atoms with Crippen molar-refractivity contribution in [2.75, 3.05) is 13.1 Å². The minimum Gasteiger partial charge on any atom is -0.461 e. The average Bonchev–Trinajstić information content (AvgIpc) is 3.52. The highest BCUT2D eigenvalue weighted by Gasteiger charge is 2.51. The Hall–Kier alpha value is -2.58. The van der Waals surface area contributed by atoms with E-state index in [1.54, 1.807) is 23.5 Å². The fourth-order valence-corrected chi connectivity index (χ4v) is 7.47. The largest absolute Gasteiger partial charge is 0.461 e. The van der Waals surface area contributed by atoms with Crippen molar-refractivity contribution in [3.05, 3.63) is 58.4 Å². The number of halogens is 1. The molecule has 0 radical (unpaired) electrons.